The van der Waals surface area contributed by atoms with E-state index in [1.165, 1.54) is 0 Å². The molecule has 1 aromatic rings. The average Bonchev–Trinajstić information content (AvgIpc) is 2.30. The highest BCUT2D eigenvalue weighted by atomic mass is 79.9. The van der Waals surface area contributed by atoms with Crippen molar-refractivity contribution in [1.29, 1.82) is 0 Å². The highest BCUT2D eigenvalue weighted by Gasteiger charge is 2.22. The lowest BCUT2D eigenvalue weighted by Crippen LogP contribution is -2.46. The molecule has 0 amide bonds. The van der Waals surface area contributed by atoms with Gasteiger partial charge in [-0.2, -0.15) is 0 Å². The van der Waals surface area contributed by atoms with E-state index < -0.39 is 0 Å². The summed E-state index contributed by atoms with van der Waals surface area (Å²) in [5.41, 5.74) is 6.59. The van der Waals surface area contributed by atoms with Gasteiger partial charge in [-0.1, -0.05) is 12.1 Å². The smallest absolute Gasteiger partial charge is 0.0706 e. The van der Waals surface area contributed by atoms with Gasteiger partial charge in [0.1, 0.15) is 0 Å². The summed E-state index contributed by atoms with van der Waals surface area (Å²) in [6.45, 7) is 5.86. The van der Waals surface area contributed by atoms with Gasteiger partial charge < -0.3 is 15.8 Å². The van der Waals surface area contributed by atoms with Gasteiger partial charge in [0.05, 0.1) is 12.1 Å². The van der Waals surface area contributed by atoms with Crippen LogP contribution in [0.5, 0.6) is 0 Å². The van der Waals surface area contributed by atoms with Crippen LogP contribution in [0.25, 0.3) is 0 Å². The quantitative estimate of drug-likeness (QED) is 0.845. The van der Waals surface area contributed by atoms with Crippen LogP contribution in [0.2, 0.25) is 0 Å². The zero-order valence-electron chi connectivity index (χ0n) is 9.79. The van der Waals surface area contributed by atoms with E-state index >= 15 is 0 Å². The molecule has 0 aromatic heterocycles. The third-order valence-electron chi connectivity index (χ3n) is 2.39. The summed E-state index contributed by atoms with van der Waals surface area (Å²) in [4.78, 5) is 0. The molecule has 1 aromatic carbocycles. The molecule has 0 spiro atoms. The molecule has 90 valence electrons. The molecule has 0 bridgehead atoms. The first-order chi connectivity index (χ1) is 7.61. The van der Waals surface area contributed by atoms with Crippen molar-refractivity contribution in [3.63, 3.8) is 0 Å². The van der Waals surface area contributed by atoms with Crippen LogP contribution in [-0.4, -0.2) is 25.3 Å². The third kappa shape index (κ3) is 3.77. The molecule has 0 heterocycles. The summed E-state index contributed by atoms with van der Waals surface area (Å²) in [5, 5.41) is 3.41. The van der Waals surface area contributed by atoms with Gasteiger partial charge in [-0.15, -0.1) is 0 Å². The van der Waals surface area contributed by atoms with Crippen LogP contribution in [-0.2, 0) is 4.74 Å². The molecular weight excluding hydrogens is 268 g/mol. The van der Waals surface area contributed by atoms with Gasteiger partial charge in [-0.3, -0.25) is 0 Å². The van der Waals surface area contributed by atoms with Crippen molar-refractivity contribution < 1.29 is 4.74 Å². The van der Waals surface area contributed by atoms with E-state index in [2.05, 4.69) is 28.2 Å². The number of nitrogens with two attached hydrogens (primary N) is 1. The fraction of sp³-hybridized carbons (Fsp3) is 0.500. The zero-order valence-corrected chi connectivity index (χ0v) is 11.4. The molecule has 1 rings (SSSR count). The first-order valence-electron chi connectivity index (χ1n) is 5.42. The highest BCUT2D eigenvalue weighted by molar-refractivity contribution is 9.10. The predicted molar refractivity (Wildman–Crippen MR) is 71.7 cm³/mol. The third-order valence-corrected chi connectivity index (χ3v) is 3.08. The normalized spacial score (nSPS) is 14.5. The van der Waals surface area contributed by atoms with Crippen LogP contribution >= 0.6 is 15.9 Å². The molecule has 0 aliphatic carbocycles. The monoisotopic (exact) mass is 286 g/mol. The minimum atomic E-state index is -0.236. The van der Waals surface area contributed by atoms with Crippen molar-refractivity contribution in [3.8, 4) is 0 Å². The van der Waals surface area contributed by atoms with Gasteiger partial charge in [0, 0.05) is 23.3 Å². The van der Waals surface area contributed by atoms with Crippen molar-refractivity contribution in [1.82, 2.24) is 0 Å². The standard InChI is InChI=1S/C12H19BrN2O/c1-3-16-9-12(2,8-14)15-11-7-5-4-6-10(11)13/h4-7,15H,3,8-9,14H2,1-2H3. The van der Waals surface area contributed by atoms with Gasteiger partial charge in [0.2, 0.25) is 0 Å². The SMILES string of the molecule is CCOCC(C)(CN)Nc1ccccc1Br. The number of halogens is 1. The van der Waals surface area contributed by atoms with Crippen LogP contribution in [0.15, 0.2) is 28.7 Å². The summed E-state index contributed by atoms with van der Waals surface area (Å²) < 4.78 is 6.48. The van der Waals surface area contributed by atoms with E-state index in [9.17, 15) is 0 Å². The molecule has 4 heteroatoms. The second-order valence-electron chi connectivity index (χ2n) is 4.01. The van der Waals surface area contributed by atoms with Crippen LogP contribution in [0, 0.1) is 0 Å². The number of hydrogen-bond acceptors (Lipinski definition) is 3. The fourth-order valence-electron chi connectivity index (χ4n) is 1.36. The van der Waals surface area contributed by atoms with Crippen molar-refractivity contribution in [3.05, 3.63) is 28.7 Å². The fourth-order valence-corrected chi connectivity index (χ4v) is 1.74. The Hall–Kier alpha value is -0.580. The number of para-hydroxylation sites is 1. The molecule has 0 aliphatic heterocycles. The van der Waals surface area contributed by atoms with Crippen molar-refractivity contribution in [2.75, 3.05) is 25.1 Å². The number of rotatable bonds is 6. The van der Waals surface area contributed by atoms with Crippen LogP contribution in [0.3, 0.4) is 0 Å². The van der Waals surface area contributed by atoms with E-state index in [1.807, 2.05) is 31.2 Å². The molecule has 0 aliphatic rings. The van der Waals surface area contributed by atoms with Crippen LogP contribution < -0.4 is 11.1 Å². The Kier molecular flexibility index (Phi) is 5.25. The summed E-state index contributed by atoms with van der Waals surface area (Å²) in [6.07, 6.45) is 0. The Labute approximate surface area is 105 Å². The topological polar surface area (TPSA) is 47.3 Å². The lowest BCUT2D eigenvalue weighted by molar-refractivity contribution is 0.112. The van der Waals surface area contributed by atoms with Gasteiger partial charge in [-0.05, 0) is 41.9 Å². The predicted octanol–water partition coefficient (Wildman–Crippen LogP) is 2.61. The lowest BCUT2D eigenvalue weighted by Gasteiger charge is -2.30. The maximum Gasteiger partial charge on any atom is 0.0706 e. The van der Waals surface area contributed by atoms with Crippen LogP contribution in [0.1, 0.15) is 13.8 Å². The van der Waals surface area contributed by atoms with Crippen LogP contribution in [0.4, 0.5) is 5.69 Å². The van der Waals surface area contributed by atoms with E-state index in [0.717, 1.165) is 10.2 Å². The zero-order chi connectivity index (χ0) is 12.0. The maximum atomic E-state index is 5.79. The number of ether oxygens (including phenoxy) is 1. The Bertz CT molecular complexity index is 333. The molecular formula is C12H19BrN2O. The van der Waals surface area contributed by atoms with E-state index in [-0.39, 0.29) is 5.54 Å². The molecule has 0 fully saturated rings. The summed E-state index contributed by atoms with van der Waals surface area (Å²) in [6, 6.07) is 7.99. The summed E-state index contributed by atoms with van der Waals surface area (Å²) >= 11 is 3.50. The Morgan fingerprint density at radius 2 is 2.12 bits per heavy atom. The molecule has 0 radical (unpaired) electrons. The molecule has 0 saturated heterocycles. The number of nitrogens with one attached hydrogen (secondary N) is 1. The molecule has 3 N–H and O–H groups in total. The molecule has 1 atom stereocenters. The first kappa shape index (κ1) is 13.5. The van der Waals surface area contributed by atoms with Gasteiger partial charge in [0.15, 0.2) is 0 Å². The number of benzene rings is 1. The second-order valence-corrected chi connectivity index (χ2v) is 4.86. The van der Waals surface area contributed by atoms with E-state index in [0.29, 0.717) is 19.8 Å². The maximum absolute atomic E-state index is 5.79. The van der Waals surface area contributed by atoms with Gasteiger partial charge in [0.25, 0.3) is 0 Å². The largest absolute Gasteiger partial charge is 0.379 e. The van der Waals surface area contributed by atoms with Crippen molar-refractivity contribution in [2.24, 2.45) is 5.73 Å². The van der Waals surface area contributed by atoms with Gasteiger partial charge >= 0.3 is 0 Å². The number of hydrogen-bond donors (Lipinski definition) is 2. The average molecular weight is 287 g/mol. The van der Waals surface area contributed by atoms with Crippen molar-refractivity contribution in [2.45, 2.75) is 19.4 Å². The lowest BCUT2D eigenvalue weighted by atomic mass is 10.0. The molecule has 16 heavy (non-hydrogen) atoms. The molecule has 1 unspecified atom stereocenters. The second kappa shape index (κ2) is 6.23. The highest BCUT2D eigenvalue weighted by Crippen LogP contribution is 2.24. The van der Waals surface area contributed by atoms with E-state index in [4.69, 9.17) is 10.5 Å². The summed E-state index contributed by atoms with van der Waals surface area (Å²) in [5.74, 6) is 0. The van der Waals surface area contributed by atoms with Crippen molar-refractivity contribution >= 4 is 21.6 Å². The van der Waals surface area contributed by atoms with E-state index in [1.54, 1.807) is 0 Å². The molecule has 3 nitrogen and oxygen atoms in total. The molecule has 0 saturated carbocycles. The van der Waals surface area contributed by atoms with Gasteiger partial charge in [-0.25, -0.2) is 0 Å². The number of anilines is 1. The first-order valence-corrected chi connectivity index (χ1v) is 6.21. The Balaban J connectivity index is 2.72. The summed E-state index contributed by atoms with van der Waals surface area (Å²) in [7, 11) is 0. The minimum absolute atomic E-state index is 0.236. The Morgan fingerprint density at radius 3 is 2.69 bits per heavy atom. The minimum Gasteiger partial charge on any atom is -0.379 e. The Morgan fingerprint density at radius 1 is 1.44 bits per heavy atom.